The SMILES string of the molecule is CCc1nc2c(C)cc(C)nc2n1Cc1ccc(C(=O)NCCCCN2CCCC2)cc1.CCc1nc2c(C)cc(C)nc2n1Cc1ccc(C=CC(=O)N2CCC(N3CCOCC3)CC2)cc1. The van der Waals surface area contributed by atoms with Gasteiger partial charge in [-0.1, -0.05) is 50.2 Å². The Balaban J connectivity index is 0.000000185. The monoisotopic (exact) mass is 921 g/mol. The van der Waals surface area contributed by atoms with Crippen molar-refractivity contribution in [1.82, 2.24) is 49.1 Å². The topological polar surface area (TPSA) is 127 Å². The summed E-state index contributed by atoms with van der Waals surface area (Å²) < 4.78 is 9.90. The van der Waals surface area contributed by atoms with E-state index in [1.165, 1.54) is 37.1 Å². The van der Waals surface area contributed by atoms with E-state index in [9.17, 15) is 9.59 Å². The first-order valence-electron chi connectivity index (χ1n) is 25.2. The second-order valence-electron chi connectivity index (χ2n) is 18.9. The summed E-state index contributed by atoms with van der Waals surface area (Å²) in [4.78, 5) is 51.5. The van der Waals surface area contributed by atoms with E-state index in [2.05, 4.69) is 88.3 Å². The first-order chi connectivity index (χ1) is 33.1. The molecule has 0 saturated carbocycles. The summed E-state index contributed by atoms with van der Waals surface area (Å²) >= 11 is 0. The van der Waals surface area contributed by atoms with E-state index in [1.54, 1.807) is 6.08 Å². The molecule has 0 aliphatic carbocycles. The number of carbonyl (C=O) groups excluding carboxylic acids is 2. The number of hydrogen-bond donors (Lipinski definition) is 1. The molecule has 0 atom stereocenters. The number of morpholine rings is 1. The van der Waals surface area contributed by atoms with Crippen LogP contribution in [0.4, 0.5) is 0 Å². The number of carbonyl (C=O) groups is 2. The van der Waals surface area contributed by atoms with Crippen LogP contribution in [0.3, 0.4) is 0 Å². The first kappa shape index (κ1) is 48.7. The van der Waals surface area contributed by atoms with Crippen molar-refractivity contribution in [2.45, 2.75) is 112 Å². The molecule has 7 heterocycles. The van der Waals surface area contributed by atoms with Gasteiger partial charge in [0.15, 0.2) is 11.3 Å². The second-order valence-corrected chi connectivity index (χ2v) is 18.9. The summed E-state index contributed by atoms with van der Waals surface area (Å²) in [5, 5.41) is 3.06. The zero-order valence-corrected chi connectivity index (χ0v) is 41.4. The maximum atomic E-state index is 12.8. The number of likely N-dealkylation sites (tertiary alicyclic amines) is 2. The fourth-order valence-corrected chi connectivity index (χ4v) is 10.1. The van der Waals surface area contributed by atoms with Crippen LogP contribution in [0.5, 0.6) is 0 Å². The lowest BCUT2D eigenvalue weighted by atomic mass is 10.0. The van der Waals surface area contributed by atoms with Crippen LogP contribution in [0.25, 0.3) is 28.4 Å². The smallest absolute Gasteiger partial charge is 0.251 e. The van der Waals surface area contributed by atoms with Crippen molar-refractivity contribution >= 4 is 40.2 Å². The minimum absolute atomic E-state index is 0.00738. The number of imidazole rings is 2. The molecule has 2 aromatic carbocycles. The zero-order chi connectivity index (χ0) is 47.6. The van der Waals surface area contributed by atoms with Gasteiger partial charge < -0.3 is 29.0 Å². The number of amides is 2. The molecule has 0 spiro atoms. The molecule has 6 aromatic rings. The molecule has 13 nitrogen and oxygen atoms in total. The Morgan fingerprint density at radius 2 is 1.24 bits per heavy atom. The van der Waals surface area contributed by atoms with E-state index in [-0.39, 0.29) is 11.8 Å². The highest BCUT2D eigenvalue weighted by molar-refractivity contribution is 5.94. The number of aromatic nitrogens is 6. The molecule has 1 N–H and O–H groups in total. The van der Waals surface area contributed by atoms with E-state index in [4.69, 9.17) is 24.7 Å². The highest BCUT2D eigenvalue weighted by Gasteiger charge is 2.27. The van der Waals surface area contributed by atoms with Crippen LogP contribution < -0.4 is 5.32 Å². The van der Waals surface area contributed by atoms with Gasteiger partial charge in [-0.2, -0.15) is 0 Å². The summed E-state index contributed by atoms with van der Waals surface area (Å²) in [6.07, 6.45) is 12.3. The Labute approximate surface area is 403 Å². The average molecular weight is 921 g/mol. The number of nitrogens with one attached hydrogen (secondary N) is 1. The number of piperidine rings is 1. The minimum atomic E-state index is 0.00738. The van der Waals surface area contributed by atoms with Gasteiger partial charge in [0.1, 0.15) is 22.7 Å². The molecule has 2 amide bonds. The molecule has 3 aliphatic heterocycles. The van der Waals surface area contributed by atoms with Gasteiger partial charge in [-0.25, -0.2) is 19.9 Å². The molecule has 3 saturated heterocycles. The lowest BCUT2D eigenvalue weighted by Gasteiger charge is -2.39. The first-order valence-corrected chi connectivity index (χ1v) is 25.2. The van der Waals surface area contributed by atoms with E-state index in [0.717, 1.165) is 160 Å². The summed E-state index contributed by atoms with van der Waals surface area (Å²) in [5.41, 5.74) is 12.3. The van der Waals surface area contributed by atoms with Gasteiger partial charge in [-0.3, -0.25) is 14.5 Å². The molecule has 0 radical (unpaired) electrons. The molecule has 9 rings (SSSR count). The van der Waals surface area contributed by atoms with Gasteiger partial charge in [-0.05, 0) is 144 Å². The third-order valence-electron chi connectivity index (χ3n) is 13.9. The predicted octanol–water partition coefficient (Wildman–Crippen LogP) is 8.26. The number of fused-ring (bicyclic) bond motifs is 2. The maximum Gasteiger partial charge on any atom is 0.251 e. The number of hydrogen-bond acceptors (Lipinski definition) is 9. The molecule has 4 aromatic heterocycles. The Morgan fingerprint density at radius 3 is 1.78 bits per heavy atom. The number of aryl methyl sites for hydroxylation is 6. The lowest BCUT2D eigenvalue weighted by Crippen LogP contribution is -2.49. The average Bonchev–Trinajstić information content (AvgIpc) is 4.10. The lowest BCUT2D eigenvalue weighted by molar-refractivity contribution is -0.127. The molecule has 0 bridgehead atoms. The Hall–Kier alpha value is -5.76. The number of nitrogens with zero attached hydrogens (tertiary/aromatic N) is 9. The summed E-state index contributed by atoms with van der Waals surface area (Å²) in [6, 6.07) is 21.1. The molecular formula is C55H72N10O3. The van der Waals surface area contributed by atoms with Gasteiger partial charge in [-0.15, -0.1) is 0 Å². The third-order valence-corrected chi connectivity index (χ3v) is 13.9. The van der Waals surface area contributed by atoms with Gasteiger partial charge in [0.05, 0.1) is 26.3 Å². The van der Waals surface area contributed by atoms with Crippen molar-refractivity contribution in [2.24, 2.45) is 0 Å². The van der Waals surface area contributed by atoms with Crippen molar-refractivity contribution in [1.29, 1.82) is 0 Å². The van der Waals surface area contributed by atoms with Gasteiger partial charge >= 0.3 is 0 Å². The van der Waals surface area contributed by atoms with Gasteiger partial charge in [0.2, 0.25) is 5.91 Å². The second kappa shape index (κ2) is 23.0. The number of benzene rings is 2. The quantitative estimate of drug-likeness (QED) is 0.0801. The molecule has 3 aliphatic rings. The Morgan fingerprint density at radius 1 is 0.691 bits per heavy atom. The normalized spacial score (nSPS) is 16.2. The molecule has 68 heavy (non-hydrogen) atoms. The van der Waals surface area contributed by atoms with Crippen molar-refractivity contribution in [3.05, 3.63) is 123 Å². The van der Waals surface area contributed by atoms with E-state index in [0.29, 0.717) is 18.2 Å². The predicted molar refractivity (Wildman–Crippen MR) is 272 cm³/mol. The largest absolute Gasteiger partial charge is 0.379 e. The van der Waals surface area contributed by atoms with Crippen LogP contribution in [-0.4, -0.2) is 127 Å². The molecule has 3 fully saturated rings. The van der Waals surface area contributed by atoms with Crippen LogP contribution in [-0.2, 0) is 35.5 Å². The third kappa shape index (κ3) is 12.1. The fraction of sp³-hybridized carbons (Fsp3) is 0.491. The van der Waals surface area contributed by atoms with Crippen LogP contribution in [0, 0.1) is 27.7 Å². The molecular weight excluding hydrogens is 849 g/mol. The van der Waals surface area contributed by atoms with Crippen LogP contribution in [0.1, 0.15) is 114 Å². The molecule has 360 valence electrons. The Kier molecular flexibility index (Phi) is 16.5. The summed E-state index contributed by atoms with van der Waals surface area (Å²) in [5.74, 6) is 2.21. The summed E-state index contributed by atoms with van der Waals surface area (Å²) in [7, 11) is 0. The number of unbranched alkanes of at least 4 members (excludes halogenated alkanes) is 1. The van der Waals surface area contributed by atoms with E-state index >= 15 is 0 Å². The minimum Gasteiger partial charge on any atom is -0.379 e. The summed E-state index contributed by atoms with van der Waals surface area (Å²) in [6.45, 7) is 23.7. The highest BCUT2D eigenvalue weighted by Crippen LogP contribution is 2.24. The van der Waals surface area contributed by atoms with Crippen LogP contribution >= 0.6 is 0 Å². The molecule has 0 unspecified atom stereocenters. The van der Waals surface area contributed by atoms with Crippen molar-refractivity contribution < 1.29 is 14.3 Å². The zero-order valence-electron chi connectivity index (χ0n) is 41.4. The van der Waals surface area contributed by atoms with Crippen LogP contribution in [0.15, 0.2) is 66.7 Å². The van der Waals surface area contributed by atoms with E-state index < -0.39 is 0 Å². The number of pyridine rings is 2. The highest BCUT2D eigenvalue weighted by atomic mass is 16.5. The number of rotatable bonds is 15. The number of ether oxygens (including phenoxy) is 1. The molecule has 13 heteroatoms. The van der Waals surface area contributed by atoms with Crippen LogP contribution in [0.2, 0.25) is 0 Å². The fourth-order valence-electron chi connectivity index (χ4n) is 10.1. The van der Waals surface area contributed by atoms with Gasteiger partial charge in [0, 0.05) is 74.6 Å². The van der Waals surface area contributed by atoms with Crippen molar-refractivity contribution in [3.8, 4) is 0 Å². The standard InChI is InChI=1S/C29H37N5O2.C26H35N5O/c1-4-26-31-28-21(2)19-22(3)30-29(28)34(26)20-24-7-5-23(6-8-24)9-10-27(35)33-13-11-25(12-14-33)32-15-17-36-18-16-32;1-4-23-29-24-19(2)17-20(3)28-25(24)31(23)18-21-9-11-22(12-10-21)26(32)27-13-5-6-14-30-15-7-8-16-30/h5-10,19,25H,4,11-18,20H2,1-3H3;9-12,17H,4-8,13-16,18H2,1-3H3,(H,27,32). The Bertz CT molecular complexity index is 2670. The van der Waals surface area contributed by atoms with Crippen molar-refractivity contribution in [2.75, 3.05) is 65.6 Å². The van der Waals surface area contributed by atoms with E-state index in [1.807, 2.05) is 49.1 Å². The van der Waals surface area contributed by atoms with Crippen molar-refractivity contribution in [3.63, 3.8) is 0 Å². The maximum absolute atomic E-state index is 12.8. The van der Waals surface area contributed by atoms with Gasteiger partial charge in [0.25, 0.3) is 5.91 Å².